The van der Waals surface area contributed by atoms with E-state index < -0.39 is 15.9 Å². The van der Waals surface area contributed by atoms with Crippen molar-refractivity contribution in [2.75, 3.05) is 24.6 Å². The van der Waals surface area contributed by atoms with Gasteiger partial charge in [-0.2, -0.15) is 0 Å². The fourth-order valence-electron chi connectivity index (χ4n) is 3.01. The van der Waals surface area contributed by atoms with E-state index in [0.717, 1.165) is 17.0 Å². The molecule has 0 bridgehead atoms. The lowest BCUT2D eigenvalue weighted by atomic mass is 10.2. The first-order valence-corrected chi connectivity index (χ1v) is 11.8. The summed E-state index contributed by atoms with van der Waals surface area (Å²) in [6, 6.07) is 9.29. The number of thiazole rings is 1. The van der Waals surface area contributed by atoms with E-state index in [9.17, 15) is 18.0 Å². The zero-order chi connectivity index (χ0) is 20.1. The topological polar surface area (TPSA) is 96.4 Å². The Hall–Kier alpha value is -2.26. The first-order valence-electron chi connectivity index (χ1n) is 9.08. The highest BCUT2D eigenvalue weighted by molar-refractivity contribution is 7.91. The maximum Gasteiger partial charge on any atom is 0.244 e. The van der Waals surface area contributed by atoms with Crippen molar-refractivity contribution in [3.05, 3.63) is 52.0 Å². The number of amides is 2. The third-order valence-corrected chi connectivity index (χ3v) is 7.05. The van der Waals surface area contributed by atoms with Gasteiger partial charge >= 0.3 is 0 Å². The highest BCUT2D eigenvalue weighted by atomic mass is 32.2. The number of carbonyl (C=O) groups is 2. The van der Waals surface area contributed by atoms with Crippen LogP contribution in [0.25, 0.3) is 0 Å². The van der Waals surface area contributed by atoms with Crippen LogP contribution in [0.1, 0.15) is 23.2 Å². The average molecular weight is 422 g/mol. The van der Waals surface area contributed by atoms with Crippen molar-refractivity contribution >= 4 is 33.0 Å². The molecule has 0 saturated carbocycles. The summed E-state index contributed by atoms with van der Waals surface area (Å²) in [7, 11) is -3.05. The molecule has 0 spiro atoms. The van der Waals surface area contributed by atoms with E-state index in [-0.39, 0.29) is 42.8 Å². The van der Waals surface area contributed by atoms with E-state index in [0.29, 0.717) is 5.69 Å². The minimum absolute atomic E-state index is 0.0254. The number of aromatic nitrogens is 1. The van der Waals surface area contributed by atoms with Crippen molar-refractivity contribution in [2.24, 2.45) is 0 Å². The van der Waals surface area contributed by atoms with Crippen LogP contribution in [0, 0.1) is 0 Å². The number of benzene rings is 1. The summed E-state index contributed by atoms with van der Waals surface area (Å²) in [6.45, 7) is 1.97. The predicted molar refractivity (Wildman–Crippen MR) is 108 cm³/mol. The fourth-order valence-corrected chi connectivity index (χ4v) is 5.04. The second-order valence-corrected chi connectivity index (χ2v) is 10.1. The molecular formula is C19H23N3O4S2. The van der Waals surface area contributed by atoms with Crippen molar-refractivity contribution in [3.63, 3.8) is 0 Å². The lowest BCUT2D eigenvalue weighted by molar-refractivity contribution is -0.135. The Bertz CT molecular complexity index is 927. The molecule has 7 nitrogen and oxygen atoms in total. The number of hydrogen-bond acceptors (Lipinski definition) is 6. The van der Waals surface area contributed by atoms with Gasteiger partial charge in [0.15, 0.2) is 9.84 Å². The van der Waals surface area contributed by atoms with E-state index in [1.54, 1.807) is 6.92 Å². The van der Waals surface area contributed by atoms with Gasteiger partial charge in [-0.15, -0.1) is 11.3 Å². The second kappa shape index (κ2) is 8.83. The standard InChI is InChI=1S/C19H23N3O4S2/c1-14(19(24)22-7-9-28(25,26)10-8-22)20-17(23)12-16-13-27-18(21-16)11-15-5-3-2-4-6-15/h2-6,13-14H,7-12H2,1H3,(H,20,23). The fraction of sp³-hybridized carbons (Fsp3) is 0.421. The maximum atomic E-state index is 12.4. The quantitative estimate of drug-likeness (QED) is 0.752. The van der Waals surface area contributed by atoms with Crippen LogP contribution < -0.4 is 5.32 Å². The van der Waals surface area contributed by atoms with Gasteiger partial charge in [-0.25, -0.2) is 13.4 Å². The van der Waals surface area contributed by atoms with Crippen LogP contribution in [0.2, 0.25) is 0 Å². The van der Waals surface area contributed by atoms with Crippen molar-refractivity contribution in [1.29, 1.82) is 0 Å². The Balaban J connectivity index is 1.49. The highest BCUT2D eigenvalue weighted by Gasteiger charge is 2.28. The number of nitrogens with one attached hydrogen (secondary N) is 1. The zero-order valence-corrected chi connectivity index (χ0v) is 17.3. The van der Waals surface area contributed by atoms with Crippen LogP contribution >= 0.6 is 11.3 Å². The van der Waals surface area contributed by atoms with Gasteiger partial charge in [0.2, 0.25) is 11.8 Å². The molecule has 1 atom stereocenters. The molecule has 1 saturated heterocycles. The Morgan fingerprint density at radius 1 is 1.21 bits per heavy atom. The molecule has 1 aromatic carbocycles. The molecule has 0 radical (unpaired) electrons. The van der Waals surface area contributed by atoms with Crippen LogP contribution in [-0.2, 0) is 32.3 Å². The van der Waals surface area contributed by atoms with Crippen LogP contribution in [0.4, 0.5) is 0 Å². The zero-order valence-electron chi connectivity index (χ0n) is 15.6. The largest absolute Gasteiger partial charge is 0.344 e. The van der Waals surface area contributed by atoms with Gasteiger partial charge in [0, 0.05) is 24.9 Å². The minimum Gasteiger partial charge on any atom is -0.344 e. The van der Waals surface area contributed by atoms with Crippen LogP contribution in [0.5, 0.6) is 0 Å². The number of sulfone groups is 1. The normalized spacial score (nSPS) is 17.1. The molecule has 1 aliphatic rings. The Morgan fingerprint density at radius 2 is 1.89 bits per heavy atom. The van der Waals surface area contributed by atoms with Crippen LogP contribution in [0.3, 0.4) is 0 Å². The number of rotatable bonds is 6. The third-order valence-electron chi connectivity index (χ3n) is 4.54. The summed E-state index contributed by atoms with van der Waals surface area (Å²) in [6.07, 6.45) is 0.831. The molecule has 28 heavy (non-hydrogen) atoms. The SMILES string of the molecule is CC(NC(=O)Cc1csc(Cc2ccccc2)n1)C(=O)N1CCS(=O)(=O)CC1. The Morgan fingerprint density at radius 3 is 2.57 bits per heavy atom. The summed E-state index contributed by atoms with van der Waals surface area (Å²) < 4.78 is 22.9. The molecule has 1 N–H and O–H groups in total. The van der Waals surface area contributed by atoms with Gasteiger partial charge in [-0.3, -0.25) is 9.59 Å². The van der Waals surface area contributed by atoms with Crippen molar-refractivity contribution in [1.82, 2.24) is 15.2 Å². The van der Waals surface area contributed by atoms with Gasteiger partial charge in [0.25, 0.3) is 0 Å². The minimum atomic E-state index is -3.05. The van der Waals surface area contributed by atoms with E-state index in [1.807, 2.05) is 35.7 Å². The molecule has 3 rings (SSSR count). The smallest absolute Gasteiger partial charge is 0.244 e. The summed E-state index contributed by atoms with van der Waals surface area (Å²) in [5, 5.41) is 5.49. The van der Waals surface area contributed by atoms with Crippen molar-refractivity contribution < 1.29 is 18.0 Å². The molecule has 1 aliphatic heterocycles. The highest BCUT2D eigenvalue weighted by Crippen LogP contribution is 2.15. The monoisotopic (exact) mass is 421 g/mol. The first kappa shape index (κ1) is 20.5. The van der Waals surface area contributed by atoms with E-state index in [4.69, 9.17) is 0 Å². The molecule has 2 amide bonds. The molecular weight excluding hydrogens is 398 g/mol. The van der Waals surface area contributed by atoms with E-state index in [1.165, 1.54) is 16.2 Å². The van der Waals surface area contributed by atoms with E-state index in [2.05, 4.69) is 10.3 Å². The van der Waals surface area contributed by atoms with Crippen LogP contribution in [0.15, 0.2) is 35.7 Å². The lowest BCUT2D eigenvalue weighted by Crippen LogP contribution is -2.51. The van der Waals surface area contributed by atoms with Gasteiger partial charge in [-0.1, -0.05) is 30.3 Å². The Labute approximate surface area is 168 Å². The van der Waals surface area contributed by atoms with Crippen LogP contribution in [-0.4, -0.2) is 60.8 Å². The lowest BCUT2D eigenvalue weighted by Gasteiger charge is -2.29. The number of carbonyl (C=O) groups excluding carboxylic acids is 2. The second-order valence-electron chi connectivity index (χ2n) is 6.84. The predicted octanol–water partition coefficient (Wildman–Crippen LogP) is 1.04. The van der Waals surface area contributed by atoms with Gasteiger partial charge < -0.3 is 10.2 Å². The molecule has 1 unspecified atom stereocenters. The maximum absolute atomic E-state index is 12.4. The van der Waals surface area contributed by atoms with Gasteiger partial charge in [-0.05, 0) is 12.5 Å². The molecule has 1 fully saturated rings. The third kappa shape index (κ3) is 5.62. The molecule has 2 aromatic rings. The Kier molecular flexibility index (Phi) is 6.46. The molecule has 0 aliphatic carbocycles. The van der Waals surface area contributed by atoms with Crippen molar-refractivity contribution in [2.45, 2.75) is 25.8 Å². The molecule has 2 heterocycles. The van der Waals surface area contributed by atoms with E-state index >= 15 is 0 Å². The summed E-state index contributed by atoms with van der Waals surface area (Å²) in [5.41, 5.74) is 1.84. The molecule has 150 valence electrons. The first-order chi connectivity index (χ1) is 13.3. The number of hydrogen-bond donors (Lipinski definition) is 1. The number of nitrogens with zero attached hydrogens (tertiary/aromatic N) is 2. The molecule has 9 heteroatoms. The van der Waals surface area contributed by atoms with Gasteiger partial charge in [0.1, 0.15) is 6.04 Å². The van der Waals surface area contributed by atoms with Gasteiger partial charge in [0.05, 0.1) is 28.6 Å². The summed E-state index contributed by atoms with van der Waals surface area (Å²) in [4.78, 5) is 30.7. The van der Waals surface area contributed by atoms with Crippen molar-refractivity contribution in [3.8, 4) is 0 Å². The molecule has 1 aromatic heterocycles. The summed E-state index contributed by atoms with van der Waals surface area (Å²) >= 11 is 1.51. The average Bonchev–Trinajstić information content (AvgIpc) is 3.08. The summed E-state index contributed by atoms with van der Waals surface area (Å²) in [5.74, 6) is -0.585.